The molecule has 2 unspecified atom stereocenters. The number of amides is 1. The molecule has 122 valence electrons. The number of fused-ring (bicyclic) bond motifs is 1. The highest BCUT2D eigenvalue weighted by molar-refractivity contribution is 8.00. The maximum Gasteiger partial charge on any atom is 0.352 e. The van der Waals surface area contributed by atoms with Crippen molar-refractivity contribution >= 4 is 23.6 Å². The lowest BCUT2D eigenvalue weighted by Gasteiger charge is -2.47. The van der Waals surface area contributed by atoms with Crippen molar-refractivity contribution in [1.29, 1.82) is 0 Å². The van der Waals surface area contributed by atoms with Crippen LogP contribution in [0.25, 0.3) is 0 Å². The number of rotatable bonds is 5. The van der Waals surface area contributed by atoms with Gasteiger partial charge in [0.2, 0.25) is 5.91 Å². The average molecular weight is 336 g/mol. The number of β-lactam (4-membered cyclic amide) rings is 1. The van der Waals surface area contributed by atoms with Crippen LogP contribution in [0, 0.1) is 0 Å². The molecule has 2 atom stereocenters. The smallest absolute Gasteiger partial charge is 0.352 e. The summed E-state index contributed by atoms with van der Waals surface area (Å²) in [5.41, 5.74) is 7.57. The number of aromatic nitrogens is 1. The van der Waals surface area contributed by atoms with Gasteiger partial charge < -0.3 is 15.6 Å². The lowest BCUT2D eigenvalue weighted by molar-refractivity contribution is -0.689. The maximum atomic E-state index is 11.9. The zero-order valence-electron chi connectivity index (χ0n) is 12.6. The van der Waals surface area contributed by atoms with E-state index in [-0.39, 0.29) is 17.0 Å². The molecule has 1 aromatic rings. The molecule has 1 aromatic heterocycles. The van der Waals surface area contributed by atoms with Crippen molar-refractivity contribution in [1.82, 2.24) is 4.90 Å². The summed E-state index contributed by atoms with van der Waals surface area (Å²) in [5, 5.41) is 9.24. The van der Waals surface area contributed by atoms with Gasteiger partial charge >= 0.3 is 5.97 Å². The molecule has 2 aliphatic rings. The van der Waals surface area contributed by atoms with Crippen LogP contribution in [-0.4, -0.2) is 46.2 Å². The Balaban J connectivity index is 1.84. The van der Waals surface area contributed by atoms with Gasteiger partial charge in [0.15, 0.2) is 18.9 Å². The fraction of sp³-hybridized carbons (Fsp3) is 0.400. The third-order valence-corrected chi connectivity index (χ3v) is 5.30. The Morgan fingerprint density at radius 2 is 2.22 bits per heavy atom. The summed E-state index contributed by atoms with van der Waals surface area (Å²) in [7, 11) is 1.63. The highest BCUT2D eigenvalue weighted by Gasteiger charge is 2.52. The van der Waals surface area contributed by atoms with E-state index in [1.54, 1.807) is 7.11 Å². The van der Waals surface area contributed by atoms with Crippen LogP contribution in [0.2, 0.25) is 0 Å². The molecule has 23 heavy (non-hydrogen) atoms. The van der Waals surface area contributed by atoms with Crippen molar-refractivity contribution in [2.24, 2.45) is 5.73 Å². The Kier molecular flexibility index (Phi) is 4.38. The number of nitrogens with zero attached hydrogens (tertiary/aromatic N) is 2. The Hall–Kier alpha value is -1.90. The molecule has 2 aliphatic heterocycles. The van der Waals surface area contributed by atoms with Crippen LogP contribution in [0.4, 0.5) is 0 Å². The van der Waals surface area contributed by atoms with Gasteiger partial charge in [-0.15, -0.1) is 11.8 Å². The fourth-order valence-corrected chi connectivity index (χ4v) is 4.06. The summed E-state index contributed by atoms with van der Waals surface area (Å²) in [6, 6.07) is 3.25. The number of aliphatic carboxylic acids is 1. The van der Waals surface area contributed by atoms with Gasteiger partial charge in [-0.2, -0.15) is 0 Å². The molecule has 1 amide bonds. The van der Waals surface area contributed by atoms with Gasteiger partial charge in [-0.3, -0.25) is 9.69 Å². The van der Waals surface area contributed by atoms with Gasteiger partial charge in [0, 0.05) is 30.6 Å². The van der Waals surface area contributed by atoms with E-state index < -0.39 is 12.0 Å². The first-order valence-electron chi connectivity index (χ1n) is 7.15. The second-order valence-electron chi connectivity index (χ2n) is 5.50. The lowest BCUT2D eigenvalue weighted by Crippen LogP contribution is -2.68. The number of pyridine rings is 1. The minimum Gasteiger partial charge on any atom is -0.477 e. The molecule has 0 spiro atoms. The average Bonchev–Trinajstić information content (AvgIpc) is 2.55. The summed E-state index contributed by atoms with van der Waals surface area (Å²) in [6.45, 7) is 0.954. The summed E-state index contributed by atoms with van der Waals surface area (Å²) in [5.74, 6) is -0.851. The molecule has 1 saturated heterocycles. The van der Waals surface area contributed by atoms with E-state index in [9.17, 15) is 14.7 Å². The zero-order valence-corrected chi connectivity index (χ0v) is 13.5. The third kappa shape index (κ3) is 2.85. The van der Waals surface area contributed by atoms with Crippen LogP contribution in [0.3, 0.4) is 0 Å². The molecule has 3 N–H and O–H groups in total. The molecule has 0 aliphatic carbocycles. The molecular weight excluding hydrogens is 318 g/mol. The summed E-state index contributed by atoms with van der Waals surface area (Å²) in [6.07, 6.45) is 3.75. The van der Waals surface area contributed by atoms with Crippen LogP contribution < -0.4 is 10.3 Å². The maximum absolute atomic E-state index is 11.9. The molecule has 7 nitrogen and oxygen atoms in total. The van der Waals surface area contributed by atoms with E-state index in [4.69, 9.17) is 10.5 Å². The van der Waals surface area contributed by atoms with E-state index >= 15 is 0 Å². The molecule has 0 bridgehead atoms. The highest BCUT2D eigenvalue weighted by Crippen LogP contribution is 2.39. The van der Waals surface area contributed by atoms with E-state index in [1.807, 2.05) is 29.1 Å². The van der Waals surface area contributed by atoms with E-state index in [2.05, 4.69) is 0 Å². The first-order valence-corrected chi connectivity index (χ1v) is 8.20. The molecule has 3 heterocycles. The van der Waals surface area contributed by atoms with Crippen LogP contribution in [0.15, 0.2) is 35.8 Å². The largest absolute Gasteiger partial charge is 0.477 e. The quantitative estimate of drug-likeness (QED) is 0.566. The lowest BCUT2D eigenvalue weighted by atomic mass is 10.0. The monoisotopic (exact) mass is 336 g/mol. The number of thioether (sulfide) groups is 1. The summed E-state index contributed by atoms with van der Waals surface area (Å²) in [4.78, 5) is 24.8. The fourth-order valence-electron chi connectivity index (χ4n) is 2.78. The topological polar surface area (TPSA) is 96.7 Å². The Bertz CT molecular complexity index is 674. The number of carbonyl (C=O) groups is 2. The molecular formula is C15H18N3O4S+. The second kappa shape index (κ2) is 6.31. The van der Waals surface area contributed by atoms with Gasteiger partial charge in [0.05, 0.1) is 6.61 Å². The van der Waals surface area contributed by atoms with Crippen molar-refractivity contribution in [3.8, 4) is 0 Å². The van der Waals surface area contributed by atoms with Crippen LogP contribution in [0.1, 0.15) is 5.56 Å². The van der Waals surface area contributed by atoms with Crippen molar-refractivity contribution in [2.45, 2.75) is 24.6 Å². The minimum atomic E-state index is -1.08. The SMILES string of the molecule is COCc1cc[n+](CC2=C(C(=O)O)N3C(=O)C(N)C3SC2)cc1. The Labute approximate surface area is 137 Å². The van der Waals surface area contributed by atoms with E-state index in [1.165, 1.54) is 16.7 Å². The van der Waals surface area contributed by atoms with Gasteiger partial charge in [-0.05, 0) is 5.56 Å². The summed E-state index contributed by atoms with van der Waals surface area (Å²) < 4.78 is 6.96. The predicted molar refractivity (Wildman–Crippen MR) is 83.1 cm³/mol. The number of carbonyl (C=O) groups excluding carboxylic acids is 1. The van der Waals surface area contributed by atoms with Crippen molar-refractivity contribution in [2.75, 3.05) is 12.9 Å². The van der Waals surface area contributed by atoms with E-state index in [0.717, 1.165) is 5.56 Å². The zero-order chi connectivity index (χ0) is 16.6. The predicted octanol–water partition coefficient (Wildman–Crippen LogP) is -0.298. The van der Waals surface area contributed by atoms with Crippen molar-refractivity contribution in [3.63, 3.8) is 0 Å². The van der Waals surface area contributed by atoms with Gasteiger partial charge in [0.25, 0.3) is 0 Å². The van der Waals surface area contributed by atoms with E-state index in [0.29, 0.717) is 24.5 Å². The number of nitrogens with two attached hydrogens (primary N) is 1. The molecule has 0 aromatic carbocycles. The first-order chi connectivity index (χ1) is 11.0. The Morgan fingerprint density at radius 3 is 2.83 bits per heavy atom. The molecule has 0 radical (unpaired) electrons. The molecule has 3 rings (SSSR count). The highest BCUT2D eigenvalue weighted by atomic mass is 32.2. The van der Waals surface area contributed by atoms with Crippen LogP contribution >= 0.6 is 11.8 Å². The van der Waals surface area contributed by atoms with Crippen molar-refractivity contribution in [3.05, 3.63) is 41.4 Å². The van der Waals surface area contributed by atoms with Crippen molar-refractivity contribution < 1.29 is 24.0 Å². The first kappa shape index (κ1) is 16.0. The van der Waals surface area contributed by atoms with Crippen LogP contribution in [-0.2, 0) is 27.5 Å². The molecule has 0 saturated carbocycles. The van der Waals surface area contributed by atoms with Gasteiger partial charge in [-0.25, -0.2) is 9.36 Å². The number of hydrogen-bond acceptors (Lipinski definition) is 5. The molecule has 8 heteroatoms. The normalized spacial score (nSPS) is 23.6. The minimum absolute atomic E-state index is 0.0777. The Morgan fingerprint density at radius 1 is 1.52 bits per heavy atom. The van der Waals surface area contributed by atoms with Gasteiger partial charge in [0.1, 0.15) is 17.1 Å². The standard InChI is InChI=1S/C15H17N3O4S/c1-22-7-9-2-4-17(5-3-9)6-10-8-23-14-11(16)13(19)18(14)12(10)15(20)21/h2-5,11,14H,6-8,16H2,1H3/p+1. The number of carboxylic acid groups (broad SMARTS) is 1. The summed E-state index contributed by atoms with van der Waals surface area (Å²) >= 11 is 1.51. The number of ether oxygens (including phenoxy) is 1. The van der Waals surface area contributed by atoms with Crippen LogP contribution in [0.5, 0.6) is 0 Å². The number of carboxylic acids is 1. The second-order valence-corrected chi connectivity index (χ2v) is 6.61. The number of methoxy groups -OCH3 is 1. The third-order valence-electron chi connectivity index (χ3n) is 3.94. The van der Waals surface area contributed by atoms with Gasteiger partial charge in [-0.1, -0.05) is 0 Å². The number of hydrogen-bond donors (Lipinski definition) is 2. The molecule has 1 fully saturated rings.